The molecule has 4 rings (SSSR count). The van der Waals surface area contributed by atoms with Gasteiger partial charge in [-0.1, -0.05) is 6.58 Å². The Morgan fingerprint density at radius 1 is 1.33 bits per heavy atom. The van der Waals surface area contributed by atoms with Crippen LogP contribution in [-0.4, -0.2) is 47.2 Å². The van der Waals surface area contributed by atoms with Gasteiger partial charge in [-0.3, -0.25) is 4.79 Å². The van der Waals surface area contributed by atoms with Crippen molar-refractivity contribution in [1.82, 2.24) is 0 Å². The fourth-order valence-electron chi connectivity index (χ4n) is 3.87. The molecular formula is C20H22O7. The molecule has 4 aliphatic heterocycles. The molecule has 2 bridgehead atoms. The van der Waals surface area contributed by atoms with Crippen LogP contribution in [-0.2, 0) is 33.3 Å². The van der Waals surface area contributed by atoms with Gasteiger partial charge < -0.3 is 18.9 Å². The van der Waals surface area contributed by atoms with Crippen LogP contribution in [0.3, 0.4) is 0 Å². The third-order valence-electron chi connectivity index (χ3n) is 5.98. The number of allylic oxidation sites excluding steroid dienone is 1. The van der Waals surface area contributed by atoms with Crippen molar-refractivity contribution in [3.63, 3.8) is 0 Å². The summed E-state index contributed by atoms with van der Waals surface area (Å²) in [6.45, 7) is 10.7. The van der Waals surface area contributed by atoms with Crippen LogP contribution in [0, 0.1) is 5.92 Å². The average Bonchev–Trinajstić information content (AvgIpc) is 2.94. The van der Waals surface area contributed by atoms with Crippen LogP contribution in [0.4, 0.5) is 0 Å². The zero-order valence-electron chi connectivity index (χ0n) is 15.7. The third-order valence-corrected chi connectivity index (χ3v) is 5.98. The third kappa shape index (κ3) is 2.64. The van der Waals surface area contributed by atoms with Gasteiger partial charge in [0.1, 0.15) is 18.0 Å². The van der Waals surface area contributed by atoms with E-state index in [0.717, 1.165) is 0 Å². The molecule has 6 atom stereocenters. The summed E-state index contributed by atoms with van der Waals surface area (Å²) in [4.78, 5) is 37.2. The second kappa shape index (κ2) is 5.55. The summed E-state index contributed by atoms with van der Waals surface area (Å²) in [7, 11) is 0. The molecule has 7 nitrogen and oxygen atoms in total. The lowest BCUT2D eigenvalue weighted by molar-refractivity contribution is -0.156. The molecule has 0 aromatic rings. The molecule has 0 radical (unpaired) electrons. The minimum Gasteiger partial charge on any atom is -0.479 e. The predicted molar refractivity (Wildman–Crippen MR) is 92.3 cm³/mol. The summed E-state index contributed by atoms with van der Waals surface area (Å²) in [6.07, 6.45) is 1.58. The van der Waals surface area contributed by atoms with E-state index in [1.54, 1.807) is 33.8 Å². The van der Waals surface area contributed by atoms with Gasteiger partial charge in [0.2, 0.25) is 5.78 Å². The fraction of sp³-hybridized carbons (Fsp3) is 0.550. The van der Waals surface area contributed by atoms with E-state index >= 15 is 0 Å². The number of ketones is 1. The number of hydrogen-bond acceptors (Lipinski definition) is 7. The molecule has 0 N–H and O–H groups in total. The molecule has 0 saturated carbocycles. The summed E-state index contributed by atoms with van der Waals surface area (Å²) in [5.41, 5.74) is -1.25. The van der Waals surface area contributed by atoms with Crippen molar-refractivity contribution >= 4 is 17.7 Å². The summed E-state index contributed by atoms with van der Waals surface area (Å²) in [5.74, 6) is -1.40. The van der Waals surface area contributed by atoms with E-state index in [9.17, 15) is 14.4 Å². The normalized spacial score (nSPS) is 44.7. The Bertz CT molecular complexity index is 837. The number of carbonyl (C=O) groups excluding carboxylic acids is 3. The molecule has 2 fully saturated rings. The first kappa shape index (κ1) is 18.0. The first-order valence-corrected chi connectivity index (χ1v) is 8.98. The quantitative estimate of drug-likeness (QED) is 0.413. The van der Waals surface area contributed by atoms with E-state index in [0.29, 0.717) is 11.3 Å². The Labute approximate surface area is 157 Å². The lowest BCUT2D eigenvalue weighted by Gasteiger charge is -2.29. The second-order valence-electron chi connectivity index (χ2n) is 7.99. The number of epoxide rings is 1. The maximum absolute atomic E-state index is 12.6. The molecule has 0 aromatic carbocycles. The highest BCUT2D eigenvalue weighted by molar-refractivity contribution is 6.00. The molecule has 0 unspecified atom stereocenters. The zero-order valence-corrected chi connectivity index (χ0v) is 15.7. The SMILES string of the molecule is C=C1C(=O)O[C@@H]2C[C@]3(C)OC(=CC3=O)/C(C)=C\[C@@H](OC(=O)[C@@]3(C)O[C@H]3C)[C@@H]12. The standard InChI is InChI=1S/C20H22O7/c1-9-6-13(25-18(23)20(5)11(3)26-20)16-10(2)17(22)24-14(16)8-19(4)15(21)7-12(9)27-19/h6-7,11,13-14,16H,2,8H2,1,3-5H3/b9-6-/t11-,13+,14+,16+,19-,20-/m0/s1. The molecule has 27 heavy (non-hydrogen) atoms. The van der Waals surface area contributed by atoms with Crippen LogP contribution in [0.5, 0.6) is 0 Å². The molecular weight excluding hydrogens is 352 g/mol. The maximum Gasteiger partial charge on any atom is 0.341 e. The van der Waals surface area contributed by atoms with Gasteiger partial charge in [0.15, 0.2) is 11.2 Å². The lowest BCUT2D eigenvalue weighted by atomic mass is 9.83. The molecule has 0 amide bonds. The molecule has 0 aromatic heterocycles. The predicted octanol–water partition coefficient (Wildman–Crippen LogP) is 1.77. The highest BCUT2D eigenvalue weighted by atomic mass is 16.7. The van der Waals surface area contributed by atoms with Crippen LogP contribution in [0.2, 0.25) is 0 Å². The summed E-state index contributed by atoms with van der Waals surface area (Å²) >= 11 is 0. The van der Waals surface area contributed by atoms with E-state index < -0.39 is 41.3 Å². The van der Waals surface area contributed by atoms with Crippen LogP contribution in [0.15, 0.2) is 35.6 Å². The molecule has 0 aliphatic carbocycles. The monoisotopic (exact) mass is 374 g/mol. The summed E-state index contributed by atoms with van der Waals surface area (Å²) < 4.78 is 22.4. The molecule has 144 valence electrons. The Morgan fingerprint density at radius 2 is 2.00 bits per heavy atom. The molecule has 4 heterocycles. The summed E-state index contributed by atoms with van der Waals surface area (Å²) in [5, 5.41) is 0. The van der Waals surface area contributed by atoms with Crippen LogP contribution in [0.25, 0.3) is 0 Å². The van der Waals surface area contributed by atoms with Crippen molar-refractivity contribution < 1.29 is 33.3 Å². The largest absolute Gasteiger partial charge is 0.479 e. The van der Waals surface area contributed by atoms with Gasteiger partial charge in [0, 0.05) is 18.1 Å². The van der Waals surface area contributed by atoms with Crippen molar-refractivity contribution in [2.45, 2.75) is 63.6 Å². The Morgan fingerprint density at radius 3 is 2.63 bits per heavy atom. The molecule has 2 saturated heterocycles. The Hall–Kier alpha value is -2.41. The zero-order chi connectivity index (χ0) is 19.7. The van der Waals surface area contributed by atoms with Crippen molar-refractivity contribution in [1.29, 1.82) is 0 Å². The Kier molecular flexibility index (Phi) is 3.69. The van der Waals surface area contributed by atoms with Gasteiger partial charge in [0.05, 0.1) is 12.0 Å². The van der Waals surface area contributed by atoms with Gasteiger partial charge in [-0.25, -0.2) is 9.59 Å². The van der Waals surface area contributed by atoms with E-state index in [-0.39, 0.29) is 23.9 Å². The number of ether oxygens (including phenoxy) is 4. The highest BCUT2D eigenvalue weighted by Crippen LogP contribution is 2.44. The minimum atomic E-state index is -1.13. The molecule has 4 aliphatic rings. The van der Waals surface area contributed by atoms with Crippen molar-refractivity contribution in [2.75, 3.05) is 0 Å². The number of carbonyl (C=O) groups is 3. The van der Waals surface area contributed by atoms with E-state index in [4.69, 9.17) is 18.9 Å². The first-order chi connectivity index (χ1) is 12.5. The topological polar surface area (TPSA) is 91.4 Å². The maximum atomic E-state index is 12.6. The Balaban J connectivity index is 1.73. The first-order valence-electron chi connectivity index (χ1n) is 8.98. The van der Waals surface area contributed by atoms with Gasteiger partial charge in [0.25, 0.3) is 0 Å². The van der Waals surface area contributed by atoms with Crippen molar-refractivity contribution in [3.8, 4) is 0 Å². The number of fused-ring (bicyclic) bond motifs is 3. The molecule has 7 heteroatoms. The van der Waals surface area contributed by atoms with Crippen LogP contribution < -0.4 is 0 Å². The average molecular weight is 374 g/mol. The van der Waals surface area contributed by atoms with Gasteiger partial charge in [-0.05, 0) is 39.3 Å². The van der Waals surface area contributed by atoms with Crippen molar-refractivity contribution in [2.24, 2.45) is 5.92 Å². The number of esters is 2. The number of rotatable bonds is 2. The lowest BCUT2D eigenvalue weighted by Crippen LogP contribution is -2.42. The second-order valence-corrected chi connectivity index (χ2v) is 7.99. The van der Waals surface area contributed by atoms with Gasteiger partial charge in [-0.2, -0.15) is 0 Å². The summed E-state index contributed by atoms with van der Waals surface area (Å²) in [6, 6.07) is 0. The van der Waals surface area contributed by atoms with Gasteiger partial charge >= 0.3 is 11.9 Å². The van der Waals surface area contributed by atoms with E-state index in [1.807, 2.05) is 0 Å². The molecule has 0 spiro atoms. The minimum absolute atomic E-state index is 0.153. The van der Waals surface area contributed by atoms with Crippen LogP contribution >= 0.6 is 0 Å². The van der Waals surface area contributed by atoms with Gasteiger partial charge in [-0.15, -0.1) is 0 Å². The van der Waals surface area contributed by atoms with Crippen LogP contribution in [0.1, 0.15) is 34.1 Å². The smallest absolute Gasteiger partial charge is 0.341 e. The fourth-order valence-corrected chi connectivity index (χ4v) is 3.87. The van der Waals surface area contributed by atoms with Crippen molar-refractivity contribution in [3.05, 3.63) is 35.6 Å². The van der Waals surface area contributed by atoms with E-state index in [1.165, 1.54) is 6.08 Å². The number of hydrogen-bond donors (Lipinski definition) is 0. The van der Waals surface area contributed by atoms with E-state index in [2.05, 4.69) is 6.58 Å². The highest BCUT2D eigenvalue weighted by Gasteiger charge is 2.59.